The van der Waals surface area contributed by atoms with E-state index >= 15 is 0 Å². The predicted octanol–water partition coefficient (Wildman–Crippen LogP) is 5.03. The van der Waals surface area contributed by atoms with Crippen LogP contribution in [0, 0.1) is 16.2 Å². The quantitative estimate of drug-likeness (QED) is 0.660. The van der Waals surface area contributed by atoms with E-state index in [2.05, 4.69) is 16.0 Å². The number of hydrogen-bond donors (Lipinski definition) is 3. The Balaban J connectivity index is 3.26. The van der Waals surface area contributed by atoms with E-state index in [4.69, 9.17) is 0 Å². The second-order valence-electron chi connectivity index (χ2n) is 9.86. The molecule has 156 valence electrons. The third-order valence-corrected chi connectivity index (χ3v) is 4.63. The van der Waals surface area contributed by atoms with Gasteiger partial charge in [0, 0.05) is 21.9 Å². The first kappa shape index (κ1) is 23.7. The molecule has 0 atom stereocenters. The molecule has 0 aliphatic rings. The molecule has 0 saturated carbocycles. The summed E-state index contributed by atoms with van der Waals surface area (Å²) < 4.78 is 0. The lowest BCUT2D eigenvalue weighted by Crippen LogP contribution is -2.32. The highest BCUT2D eigenvalue weighted by molar-refractivity contribution is 6.04. The molecule has 3 N–H and O–H groups in total. The SMILES string of the molecule is CCC(C)(C)C(=O)Nc1ccc(NC(=O)C(C)(C)C)cc1NC(=O)C(C)(C)C. The lowest BCUT2D eigenvalue weighted by atomic mass is 9.89. The van der Waals surface area contributed by atoms with Gasteiger partial charge in [0.05, 0.1) is 11.4 Å². The zero-order valence-corrected chi connectivity index (χ0v) is 18.7. The van der Waals surface area contributed by atoms with E-state index < -0.39 is 16.2 Å². The van der Waals surface area contributed by atoms with Gasteiger partial charge in [-0.3, -0.25) is 14.4 Å². The highest BCUT2D eigenvalue weighted by atomic mass is 16.2. The first-order chi connectivity index (χ1) is 12.6. The summed E-state index contributed by atoms with van der Waals surface area (Å²) in [5.74, 6) is -0.450. The van der Waals surface area contributed by atoms with Crippen LogP contribution in [-0.2, 0) is 14.4 Å². The lowest BCUT2D eigenvalue weighted by Gasteiger charge is -2.24. The van der Waals surface area contributed by atoms with E-state index in [0.717, 1.165) is 0 Å². The van der Waals surface area contributed by atoms with Crippen molar-refractivity contribution in [1.29, 1.82) is 0 Å². The molecule has 0 unspecified atom stereocenters. The van der Waals surface area contributed by atoms with Crippen LogP contribution >= 0.6 is 0 Å². The van der Waals surface area contributed by atoms with E-state index in [1.54, 1.807) is 18.2 Å². The van der Waals surface area contributed by atoms with Crippen LogP contribution in [0.3, 0.4) is 0 Å². The van der Waals surface area contributed by atoms with Gasteiger partial charge in [-0.15, -0.1) is 0 Å². The molecule has 6 nitrogen and oxygen atoms in total. The van der Waals surface area contributed by atoms with E-state index in [-0.39, 0.29) is 17.7 Å². The minimum absolute atomic E-state index is 0.132. The van der Waals surface area contributed by atoms with E-state index in [1.165, 1.54) is 0 Å². The van der Waals surface area contributed by atoms with Crippen LogP contribution in [0.15, 0.2) is 18.2 Å². The van der Waals surface area contributed by atoms with E-state index in [9.17, 15) is 14.4 Å². The maximum atomic E-state index is 12.6. The number of nitrogens with one attached hydrogen (secondary N) is 3. The summed E-state index contributed by atoms with van der Waals surface area (Å²) in [5.41, 5.74) is -0.187. The number of hydrogen-bond acceptors (Lipinski definition) is 3. The fourth-order valence-corrected chi connectivity index (χ4v) is 1.91. The van der Waals surface area contributed by atoms with E-state index in [0.29, 0.717) is 23.5 Å². The minimum atomic E-state index is -0.603. The van der Waals surface area contributed by atoms with Crippen LogP contribution in [0.5, 0.6) is 0 Å². The number of amides is 3. The van der Waals surface area contributed by atoms with Crippen LogP contribution in [-0.4, -0.2) is 17.7 Å². The Morgan fingerprint density at radius 2 is 1.18 bits per heavy atom. The number of carbonyl (C=O) groups is 3. The summed E-state index contributed by atoms with van der Waals surface area (Å²) in [6, 6.07) is 5.08. The molecule has 1 aromatic rings. The molecule has 0 saturated heterocycles. The van der Waals surface area contributed by atoms with Crippen molar-refractivity contribution in [1.82, 2.24) is 0 Å². The second-order valence-corrected chi connectivity index (χ2v) is 9.86. The van der Waals surface area contributed by atoms with Crippen molar-refractivity contribution in [3.05, 3.63) is 18.2 Å². The number of anilines is 3. The number of benzene rings is 1. The van der Waals surface area contributed by atoms with Crippen molar-refractivity contribution in [2.75, 3.05) is 16.0 Å². The maximum absolute atomic E-state index is 12.6. The molecule has 1 rings (SSSR count). The van der Waals surface area contributed by atoms with Crippen LogP contribution in [0.2, 0.25) is 0 Å². The van der Waals surface area contributed by atoms with Gasteiger partial charge < -0.3 is 16.0 Å². The summed E-state index contributed by atoms with van der Waals surface area (Å²) in [6.45, 7) is 16.6. The molecule has 0 aromatic heterocycles. The molecule has 0 bridgehead atoms. The molecule has 0 radical (unpaired) electrons. The molecule has 1 aromatic carbocycles. The second kappa shape index (κ2) is 8.33. The lowest BCUT2D eigenvalue weighted by molar-refractivity contribution is -0.124. The smallest absolute Gasteiger partial charge is 0.230 e. The third-order valence-electron chi connectivity index (χ3n) is 4.63. The standard InChI is InChI=1S/C22H35N3O3/c1-10-22(8,9)19(28)24-15-12-11-14(23-17(26)20(2,3)4)13-16(15)25-18(27)21(5,6)7/h11-13H,10H2,1-9H3,(H,23,26)(H,24,28)(H,25,27). The van der Waals surface area contributed by atoms with Crippen molar-refractivity contribution >= 4 is 34.8 Å². The Kier molecular flexibility index (Phi) is 7.04. The predicted molar refractivity (Wildman–Crippen MR) is 115 cm³/mol. The highest BCUT2D eigenvalue weighted by Gasteiger charge is 2.28. The van der Waals surface area contributed by atoms with Crippen LogP contribution in [0.4, 0.5) is 17.1 Å². The van der Waals surface area contributed by atoms with Gasteiger partial charge in [0.1, 0.15) is 0 Å². The van der Waals surface area contributed by atoms with Crippen LogP contribution < -0.4 is 16.0 Å². The summed E-state index contributed by atoms with van der Waals surface area (Å²) in [7, 11) is 0. The Bertz CT molecular complexity index is 753. The Morgan fingerprint density at radius 1 is 0.714 bits per heavy atom. The Labute approximate surface area is 168 Å². The molecular formula is C22H35N3O3. The Morgan fingerprint density at radius 3 is 1.64 bits per heavy atom. The number of carbonyl (C=O) groups excluding carboxylic acids is 3. The van der Waals surface area contributed by atoms with Gasteiger partial charge in [-0.25, -0.2) is 0 Å². The molecule has 0 heterocycles. The van der Waals surface area contributed by atoms with E-state index in [1.807, 2.05) is 62.3 Å². The van der Waals surface area contributed by atoms with Gasteiger partial charge in [-0.2, -0.15) is 0 Å². The summed E-state index contributed by atoms with van der Waals surface area (Å²) in [5, 5.41) is 8.63. The molecule has 28 heavy (non-hydrogen) atoms. The zero-order valence-electron chi connectivity index (χ0n) is 18.7. The summed E-state index contributed by atoms with van der Waals surface area (Å²) >= 11 is 0. The van der Waals surface area contributed by atoms with Gasteiger partial charge in [0.25, 0.3) is 0 Å². The zero-order chi connectivity index (χ0) is 21.9. The van der Waals surface area contributed by atoms with Crippen molar-refractivity contribution in [3.63, 3.8) is 0 Å². The normalized spacial score (nSPS) is 12.3. The van der Waals surface area contributed by atoms with Gasteiger partial charge in [0.2, 0.25) is 17.7 Å². The van der Waals surface area contributed by atoms with Crippen LogP contribution in [0.25, 0.3) is 0 Å². The monoisotopic (exact) mass is 389 g/mol. The van der Waals surface area contributed by atoms with Gasteiger partial charge in [-0.05, 0) is 24.6 Å². The van der Waals surface area contributed by atoms with Crippen molar-refractivity contribution in [2.45, 2.75) is 68.7 Å². The summed E-state index contributed by atoms with van der Waals surface area (Å²) in [4.78, 5) is 37.4. The largest absolute Gasteiger partial charge is 0.326 e. The molecule has 6 heteroatoms. The van der Waals surface area contributed by atoms with Gasteiger partial charge in [0.15, 0.2) is 0 Å². The fourth-order valence-electron chi connectivity index (χ4n) is 1.91. The molecular weight excluding hydrogens is 354 g/mol. The number of rotatable bonds is 5. The Hall–Kier alpha value is -2.37. The highest BCUT2D eigenvalue weighted by Crippen LogP contribution is 2.31. The minimum Gasteiger partial charge on any atom is -0.326 e. The summed E-state index contributed by atoms with van der Waals surface area (Å²) in [6.07, 6.45) is 0.683. The van der Waals surface area contributed by atoms with Gasteiger partial charge >= 0.3 is 0 Å². The molecule has 0 aliphatic carbocycles. The molecule has 3 amide bonds. The molecule has 0 spiro atoms. The van der Waals surface area contributed by atoms with Crippen molar-refractivity contribution in [3.8, 4) is 0 Å². The van der Waals surface area contributed by atoms with Crippen LogP contribution in [0.1, 0.15) is 68.7 Å². The fraction of sp³-hybridized carbons (Fsp3) is 0.591. The maximum Gasteiger partial charge on any atom is 0.230 e. The molecule has 0 aliphatic heterocycles. The third kappa shape index (κ3) is 6.36. The first-order valence-electron chi connectivity index (χ1n) is 9.66. The average Bonchev–Trinajstić information content (AvgIpc) is 2.55. The van der Waals surface area contributed by atoms with Crippen molar-refractivity contribution < 1.29 is 14.4 Å². The van der Waals surface area contributed by atoms with Crippen molar-refractivity contribution in [2.24, 2.45) is 16.2 Å². The average molecular weight is 390 g/mol. The topological polar surface area (TPSA) is 87.3 Å². The molecule has 0 fully saturated rings. The first-order valence-corrected chi connectivity index (χ1v) is 9.66. The van der Waals surface area contributed by atoms with Gasteiger partial charge in [-0.1, -0.05) is 62.3 Å².